The van der Waals surface area contributed by atoms with Gasteiger partial charge in [-0.25, -0.2) is 9.59 Å². The smallest absolute Gasteiger partial charge is 0.410 e. The van der Waals surface area contributed by atoms with Gasteiger partial charge in [-0.15, -0.1) is 0 Å². The first kappa shape index (κ1) is 19.3. The van der Waals surface area contributed by atoms with E-state index in [-0.39, 0.29) is 11.3 Å². The van der Waals surface area contributed by atoms with Crippen LogP contribution in [0.1, 0.15) is 63.2 Å². The van der Waals surface area contributed by atoms with Gasteiger partial charge in [0, 0.05) is 12.5 Å². The van der Waals surface area contributed by atoms with Crippen LogP contribution < -0.4 is 5.32 Å². The summed E-state index contributed by atoms with van der Waals surface area (Å²) < 4.78 is 10.7. The van der Waals surface area contributed by atoms with Crippen LogP contribution in [0.15, 0.2) is 30.3 Å². The highest BCUT2D eigenvalue weighted by Gasteiger charge is 2.29. The van der Waals surface area contributed by atoms with Crippen LogP contribution in [0.25, 0.3) is 0 Å². The van der Waals surface area contributed by atoms with Crippen molar-refractivity contribution in [2.24, 2.45) is 11.3 Å². The number of carbonyl (C=O) groups excluding carboxylic acids is 2. The monoisotopic (exact) mass is 347 g/mol. The summed E-state index contributed by atoms with van der Waals surface area (Å²) in [4.78, 5) is 24.3. The van der Waals surface area contributed by atoms with Gasteiger partial charge in [-0.2, -0.15) is 0 Å². The maximum atomic E-state index is 12.2. The lowest BCUT2D eigenvalue weighted by molar-refractivity contribution is -0.0958. The lowest BCUT2D eigenvalue weighted by Crippen LogP contribution is -2.40. The Morgan fingerprint density at radius 2 is 1.72 bits per heavy atom. The quantitative estimate of drug-likeness (QED) is 0.607. The molecular formula is C20H29NO4. The van der Waals surface area contributed by atoms with Crippen molar-refractivity contribution in [1.82, 2.24) is 5.32 Å². The summed E-state index contributed by atoms with van der Waals surface area (Å²) in [6, 6.07) is 8.69. The summed E-state index contributed by atoms with van der Waals surface area (Å²) in [5.74, 6) is -0.630. The summed E-state index contributed by atoms with van der Waals surface area (Å²) >= 11 is 0. The molecule has 1 atom stereocenters. The van der Waals surface area contributed by atoms with E-state index in [1.54, 1.807) is 24.3 Å². The number of hydrogen-bond acceptors (Lipinski definition) is 4. The van der Waals surface area contributed by atoms with Crippen molar-refractivity contribution in [2.75, 3.05) is 6.54 Å². The van der Waals surface area contributed by atoms with E-state index < -0.39 is 18.4 Å². The molecule has 1 fully saturated rings. The minimum atomic E-state index is -0.910. The molecule has 1 aliphatic rings. The number of esters is 1. The summed E-state index contributed by atoms with van der Waals surface area (Å²) in [5.41, 5.74) is 0.567. The topological polar surface area (TPSA) is 64.6 Å². The van der Waals surface area contributed by atoms with Crippen LogP contribution in [0.5, 0.6) is 0 Å². The number of hydrogen-bond donors (Lipinski definition) is 1. The summed E-state index contributed by atoms with van der Waals surface area (Å²) in [7, 11) is 0. The van der Waals surface area contributed by atoms with E-state index >= 15 is 0 Å². The first-order chi connectivity index (χ1) is 11.9. The third-order valence-corrected chi connectivity index (χ3v) is 4.72. The SMILES string of the molecule is CC(C)C(OC(=O)NCC1(C)CCCCC1)OC(=O)c1ccccc1. The average Bonchev–Trinajstić information content (AvgIpc) is 2.61. The highest BCUT2D eigenvalue weighted by molar-refractivity contribution is 5.89. The van der Waals surface area contributed by atoms with Crippen molar-refractivity contribution >= 4 is 12.1 Å². The molecule has 0 aliphatic heterocycles. The van der Waals surface area contributed by atoms with Crippen LogP contribution in [-0.4, -0.2) is 24.9 Å². The first-order valence-electron chi connectivity index (χ1n) is 9.10. The second-order valence-corrected chi connectivity index (χ2v) is 7.51. The number of amides is 1. The zero-order valence-corrected chi connectivity index (χ0v) is 15.4. The molecule has 0 heterocycles. The van der Waals surface area contributed by atoms with Crippen LogP contribution in [0, 0.1) is 11.3 Å². The van der Waals surface area contributed by atoms with Crippen LogP contribution in [0.2, 0.25) is 0 Å². The maximum Gasteiger partial charge on any atom is 0.410 e. The molecule has 0 aromatic heterocycles. The Bertz CT molecular complexity index is 564. The standard InChI is InChI=1S/C20H29NO4/c1-15(2)18(24-17(22)16-10-6-4-7-11-16)25-19(23)21-14-20(3)12-8-5-9-13-20/h4,6-7,10-11,15,18H,5,8-9,12-14H2,1-3H3,(H,21,23). The molecule has 1 N–H and O–H groups in total. The van der Waals surface area contributed by atoms with E-state index in [4.69, 9.17) is 9.47 Å². The Morgan fingerprint density at radius 1 is 1.08 bits per heavy atom. The molecule has 2 rings (SSSR count). The van der Waals surface area contributed by atoms with Gasteiger partial charge in [0.2, 0.25) is 0 Å². The fourth-order valence-electron chi connectivity index (χ4n) is 3.06. The lowest BCUT2D eigenvalue weighted by Gasteiger charge is -2.33. The molecule has 5 heteroatoms. The van der Waals surface area contributed by atoms with E-state index in [9.17, 15) is 9.59 Å². The Morgan fingerprint density at radius 3 is 2.32 bits per heavy atom. The second kappa shape index (κ2) is 8.88. The minimum absolute atomic E-state index is 0.130. The first-order valence-corrected chi connectivity index (χ1v) is 9.10. The molecule has 0 radical (unpaired) electrons. The Hall–Kier alpha value is -2.04. The molecular weight excluding hydrogens is 318 g/mol. The Balaban J connectivity index is 1.85. The number of rotatable bonds is 6. The van der Waals surface area contributed by atoms with Crippen LogP contribution in [0.4, 0.5) is 4.79 Å². The number of ether oxygens (including phenoxy) is 2. The van der Waals surface area contributed by atoms with Gasteiger partial charge >= 0.3 is 12.1 Å². The Labute approximate surface area is 150 Å². The van der Waals surface area contributed by atoms with Crippen molar-refractivity contribution in [2.45, 2.75) is 59.2 Å². The Kier molecular flexibility index (Phi) is 6.85. The number of carbonyl (C=O) groups is 2. The van der Waals surface area contributed by atoms with E-state index in [1.807, 2.05) is 19.9 Å². The van der Waals surface area contributed by atoms with E-state index in [0.717, 1.165) is 12.8 Å². The molecule has 1 amide bonds. The molecule has 1 unspecified atom stereocenters. The van der Waals surface area contributed by atoms with Gasteiger partial charge in [0.1, 0.15) is 0 Å². The summed E-state index contributed by atoms with van der Waals surface area (Å²) in [6.45, 7) is 6.47. The summed E-state index contributed by atoms with van der Waals surface area (Å²) in [6.07, 6.45) is 4.46. The van der Waals surface area contributed by atoms with Crippen molar-refractivity contribution in [3.63, 3.8) is 0 Å². The van der Waals surface area contributed by atoms with Gasteiger partial charge in [-0.1, -0.05) is 58.2 Å². The molecule has 1 saturated carbocycles. The van der Waals surface area contributed by atoms with Crippen LogP contribution in [0.3, 0.4) is 0 Å². The fraction of sp³-hybridized carbons (Fsp3) is 0.600. The van der Waals surface area contributed by atoms with Crippen molar-refractivity contribution < 1.29 is 19.1 Å². The van der Waals surface area contributed by atoms with E-state index in [1.165, 1.54) is 19.3 Å². The lowest BCUT2D eigenvalue weighted by atomic mass is 9.76. The van der Waals surface area contributed by atoms with Crippen molar-refractivity contribution in [3.8, 4) is 0 Å². The van der Waals surface area contributed by atoms with Gasteiger partial charge in [0.15, 0.2) is 0 Å². The molecule has 25 heavy (non-hydrogen) atoms. The van der Waals surface area contributed by atoms with E-state index in [0.29, 0.717) is 12.1 Å². The van der Waals surface area contributed by atoms with Crippen molar-refractivity contribution in [3.05, 3.63) is 35.9 Å². The van der Waals surface area contributed by atoms with E-state index in [2.05, 4.69) is 12.2 Å². The molecule has 1 aromatic carbocycles. The van der Waals surface area contributed by atoms with Gasteiger partial charge < -0.3 is 14.8 Å². The number of nitrogens with one attached hydrogen (secondary N) is 1. The second-order valence-electron chi connectivity index (χ2n) is 7.51. The highest BCUT2D eigenvalue weighted by Crippen LogP contribution is 2.34. The van der Waals surface area contributed by atoms with Gasteiger partial charge in [0.25, 0.3) is 6.29 Å². The zero-order valence-electron chi connectivity index (χ0n) is 15.4. The largest absolute Gasteiger partial charge is 0.421 e. The van der Waals surface area contributed by atoms with Gasteiger partial charge in [-0.05, 0) is 30.4 Å². The third-order valence-electron chi connectivity index (χ3n) is 4.72. The average molecular weight is 347 g/mol. The third kappa shape index (κ3) is 6.07. The molecule has 1 aromatic rings. The highest BCUT2D eigenvalue weighted by atomic mass is 16.7. The fourth-order valence-corrected chi connectivity index (χ4v) is 3.06. The van der Waals surface area contributed by atoms with Crippen LogP contribution in [-0.2, 0) is 9.47 Å². The minimum Gasteiger partial charge on any atom is -0.421 e. The van der Waals surface area contributed by atoms with Gasteiger partial charge in [-0.3, -0.25) is 0 Å². The summed E-state index contributed by atoms with van der Waals surface area (Å²) in [5, 5.41) is 2.84. The molecule has 0 spiro atoms. The van der Waals surface area contributed by atoms with Gasteiger partial charge in [0.05, 0.1) is 5.56 Å². The van der Waals surface area contributed by atoms with Crippen LogP contribution >= 0.6 is 0 Å². The molecule has 0 saturated heterocycles. The molecule has 0 bridgehead atoms. The number of alkyl carbamates (subject to hydrolysis) is 1. The predicted molar refractivity (Wildman–Crippen MR) is 96.2 cm³/mol. The normalized spacial score (nSPS) is 17.6. The zero-order chi connectivity index (χ0) is 18.3. The maximum absolute atomic E-state index is 12.2. The number of benzene rings is 1. The molecule has 5 nitrogen and oxygen atoms in total. The van der Waals surface area contributed by atoms with Crippen molar-refractivity contribution in [1.29, 1.82) is 0 Å². The predicted octanol–water partition coefficient (Wildman–Crippen LogP) is 4.52. The molecule has 1 aliphatic carbocycles. The molecule has 138 valence electrons.